The van der Waals surface area contributed by atoms with Gasteiger partial charge in [-0.1, -0.05) is 18.2 Å². The fourth-order valence-corrected chi connectivity index (χ4v) is 3.94. The molecule has 0 atom stereocenters. The van der Waals surface area contributed by atoms with Crippen LogP contribution in [-0.4, -0.2) is 28.0 Å². The van der Waals surface area contributed by atoms with Crippen LogP contribution in [0.3, 0.4) is 0 Å². The molecule has 0 aromatic heterocycles. The summed E-state index contributed by atoms with van der Waals surface area (Å²) >= 11 is 0. The van der Waals surface area contributed by atoms with Crippen molar-refractivity contribution in [2.45, 2.75) is 18.7 Å². The molecule has 2 N–H and O–H groups in total. The minimum atomic E-state index is -3.83. The molecule has 0 bridgehead atoms. The third-order valence-electron chi connectivity index (χ3n) is 4.41. The average molecular weight is 441 g/mol. The Labute approximate surface area is 182 Å². The van der Waals surface area contributed by atoms with Crippen molar-refractivity contribution in [2.75, 3.05) is 23.8 Å². The Kier molecular flexibility index (Phi) is 6.81. The maximum absolute atomic E-state index is 12.7. The van der Waals surface area contributed by atoms with Crippen LogP contribution in [0.25, 0.3) is 0 Å². The van der Waals surface area contributed by atoms with Crippen LogP contribution in [0.2, 0.25) is 0 Å². The zero-order valence-electron chi connectivity index (χ0n) is 17.5. The molecule has 0 aliphatic carbocycles. The first-order valence-electron chi connectivity index (χ1n) is 9.54. The Bertz CT molecular complexity index is 1170. The molecule has 162 valence electrons. The summed E-state index contributed by atoms with van der Waals surface area (Å²) in [7, 11) is -2.35. The van der Waals surface area contributed by atoms with Crippen LogP contribution in [0.5, 0.6) is 11.5 Å². The SMILES string of the molecule is COc1ccc(C)cc1NS(=O)(=O)c1ccc(NC(=O)COc2cccc(C)c2)cc1. The quantitative estimate of drug-likeness (QED) is 0.549. The first-order valence-corrected chi connectivity index (χ1v) is 11.0. The number of carbonyl (C=O) groups is 1. The lowest BCUT2D eigenvalue weighted by Crippen LogP contribution is -2.20. The number of aryl methyl sites for hydroxylation is 2. The van der Waals surface area contributed by atoms with E-state index in [4.69, 9.17) is 9.47 Å². The summed E-state index contributed by atoms with van der Waals surface area (Å²) in [5.41, 5.74) is 2.74. The van der Waals surface area contributed by atoms with Crippen molar-refractivity contribution in [3.8, 4) is 11.5 Å². The Hall–Kier alpha value is -3.52. The van der Waals surface area contributed by atoms with E-state index in [0.29, 0.717) is 22.9 Å². The molecular weight excluding hydrogens is 416 g/mol. The van der Waals surface area contributed by atoms with Crippen LogP contribution in [0.1, 0.15) is 11.1 Å². The number of carbonyl (C=O) groups excluding carboxylic acids is 1. The van der Waals surface area contributed by atoms with Crippen molar-refractivity contribution in [1.29, 1.82) is 0 Å². The molecule has 0 fully saturated rings. The van der Waals surface area contributed by atoms with Crippen molar-refractivity contribution in [3.63, 3.8) is 0 Å². The molecule has 0 unspecified atom stereocenters. The molecule has 7 nitrogen and oxygen atoms in total. The molecular formula is C23H24N2O5S. The largest absolute Gasteiger partial charge is 0.495 e. The number of hydrogen-bond donors (Lipinski definition) is 2. The number of hydrogen-bond acceptors (Lipinski definition) is 5. The average Bonchev–Trinajstić information content (AvgIpc) is 2.73. The molecule has 0 spiro atoms. The normalized spacial score (nSPS) is 10.9. The van der Waals surface area contributed by atoms with E-state index in [-0.39, 0.29) is 17.4 Å². The Morgan fingerprint density at radius 2 is 1.65 bits per heavy atom. The van der Waals surface area contributed by atoms with Gasteiger partial charge in [-0.15, -0.1) is 0 Å². The lowest BCUT2D eigenvalue weighted by molar-refractivity contribution is -0.118. The second-order valence-corrected chi connectivity index (χ2v) is 8.67. The topological polar surface area (TPSA) is 93.7 Å². The maximum Gasteiger partial charge on any atom is 0.262 e. The third kappa shape index (κ3) is 5.99. The van der Waals surface area contributed by atoms with Gasteiger partial charge in [-0.2, -0.15) is 0 Å². The van der Waals surface area contributed by atoms with Crippen LogP contribution in [0.15, 0.2) is 71.6 Å². The van der Waals surface area contributed by atoms with Gasteiger partial charge in [0.1, 0.15) is 11.5 Å². The Balaban J connectivity index is 1.63. The molecule has 8 heteroatoms. The van der Waals surface area contributed by atoms with E-state index >= 15 is 0 Å². The fourth-order valence-electron chi connectivity index (χ4n) is 2.87. The molecule has 3 aromatic rings. The number of ether oxygens (including phenoxy) is 2. The van der Waals surface area contributed by atoms with Crippen molar-refractivity contribution < 1.29 is 22.7 Å². The minimum absolute atomic E-state index is 0.0602. The predicted octanol–water partition coefficient (Wildman–Crippen LogP) is 4.13. The van der Waals surface area contributed by atoms with Gasteiger partial charge in [0, 0.05) is 5.69 Å². The zero-order valence-corrected chi connectivity index (χ0v) is 18.3. The van der Waals surface area contributed by atoms with Gasteiger partial charge in [-0.25, -0.2) is 8.42 Å². The summed E-state index contributed by atoms with van der Waals surface area (Å²) in [5, 5.41) is 2.68. The monoisotopic (exact) mass is 440 g/mol. The highest BCUT2D eigenvalue weighted by Gasteiger charge is 2.17. The van der Waals surface area contributed by atoms with Crippen LogP contribution < -0.4 is 19.5 Å². The van der Waals surface area contributed by atoms with Gasteiger partial charge in [0.2, 0.25) is 0 Å². The fraction of sp³-hybridized carbons (Fsp3) is 0.174. The summed E-state index contributed by atoms with van der Waals surface area (Å²) in [6.45, 7) is 3.64. The highest BCUT2D eigenvalue weighted by atomic mass is 32.2. The summed E-state index contributed by atoms with van der Waals surface area (Å²) in [5.74, 6) is 0.681. The van der Waals surface area contributed by atoms with Crippen LogP contribution >= 0.6 is 0 Å². The van der Waals surface area contributed by atoms with Crippen LogP contribution in [-0.2, 0) is 14.8 Å². The van der Waals surface area contributed by atoms with E-state index in [9.17, 15) is 13.2 Å². The summed E-state index contributed by atoms with van der Waals surface area (Å²) in [6, 6.07) is 18.5. The van der Waals surface area contributed by atoms with Crippen molar-refractivity contribution >= 4 is 27.3 Å². The minimum Gasteiger partial charge on any atom is -0.495 e. The third-order valence-corrected chi connectivity index (χ3v) is 5.79. The first kappa shape index (κ1) is 22.2. The highest BCUT2D eigenvalue weighted by Crippen LogP contribution is 2.28. The van der Waals surface area contributed by atoms with Crippen LogP contribution in [0.4, 0.5) is 11.4 Å². The van der Waals surface area contributed by atoms with Crippen molar-refractivity contribution in [3.05, 3.63) is 77.9 Å². The van der Waals surface area contributed by atoms with Gasteiger partial charge in [0.05, 0.1) is 17.7 Å². The summed E-state index contributed by atoms with van der Waals surface area (Å²) < 4.78 is 38.7. The zero-order chi connectivity index (χ0) is 22.4. The number of anilines is 2. The lowest BCUT2D eigenvalue weighted by Gasteiger charge is -2.13. The molecule has 0 aliphatic rings. The number of benzene rings is 3. The summed E-state index contributed by atoms with van der Waals surface area (Å²) in [6.07, 6.45) is 0. The van der Waals surface area contributed by atoms with Gasteiger partial charge < -0.3 is 14.8 Å². The Morgan fingerprint density at radius 1 is 0.935 bits per heavy atom. The molecule has 0 heterocycles. The number of sulfonamides is 1. The Morgan fingerprint density at radius 3 is 2.32 bits per heavy atom. The van der Waals surface area contributed by atoms with E-state index < -0.39 is 10.0 Å². The number of rotatable bonds is 8. The molecule has 3 aromatic carbocycles. The van der Waals surface area contributed by atoms with E-state index in [1.807, 2.05) is 38.1 Å². The second kappa shape index (κ2) is 9.53. The smallest absolute Gasteiger partial charge is 0.262 e. The predicted molar refractivity (Wildman–Crippen MR) is 120 cm³/mol. The van der Waals surface area contributed by atoms with Gasteiger partial charge in [0.25, 0.3) is 15.9 Å². The van der Waals surface area contributed by atoms with Gasteiger partial charge in [-0.05, 0) is 73.5 Å². The van der Waals surface area contributed by atoms with Crippen molar-refractivity contribution in [1.82, 2.24) is 0 Å². The van der Waals surface area contributed by atoms with E-state index in [1.165, 1.54) is 31.4 Å². The van der Waals surface area contributed by atoms with Gasteiger partial charge >= 0.3 is 0 Å². The maximum atomic E-state index is 12.7. The second-order valence-electron chi connectivity index (χ2n) is 6.99. The lowest BCUT2D eigenvalue weighted by atomic mass is 10.2. The number of amides is 1. The van der Waals surface area contributed by atoms with E-state index in [0.717, 1.165) is 11.1 Å². The molecule has 3 rings (SSSR count). The van der Waals surface area contributed by atoms with Crippen molar-refractivity contribution in [2.24, 2.45) is 0 Å². The molecule has 0 aliphatic heterocycles. The van der Waals surface area contributed by atoms with E-state index in [1.54, 1.807) is 18.2 Å². The van der Waals surface area contributed by atoms with Gasteiger partial charge in [0.15, 0.2) is 6.61 Å². The van der Waals surface area contributed by atoms with Crippen LogP contribution in [0, 0.1) is 13.8 Å². The van der Waals surface area contributed by atoms with E-state index in [2.05, 4.69) is 10.0 Å². The number of nitrogens with one attached hydrogen (secondary N) is 2. The first-order chi connectivity index (χ1) is 14.8. The molecule has 31 heavy (non-hydrogen) atoms. The standard InChI is InChI=1S/C23H24N2O5S/c1-16-5-4-6-19(13-16)30-15-23(26)24-18-8-10-20(11-9-18)31(27,28)25-21-14-17(2)7-12-22(21)29-3/h4-14,25H,15H2,1-3H3,(H,24,26). The molecule has 1 amide bonds. The molecule has 0 radical (unpaired) electrons. The molecule has 0 saturated carbocycles. The highest BCUT2D eigenvalue weighted by molar-refractivity contribution is 7.92. The molecule has 0 saturated heterocycles. The number of methoxy groups -OCH3 is 1. The summed E-state index contributed by atoms with van der Waals surface area (Å²) in [4.78, 5) is 12.2. The van der Waals surface area contributed by atoms with Gasteiger partial charge in [-0.3, -0.25) is 9.52 Å².